The molecular weight excluding hydrogens is 276 g/mol. The first-order valence-electron chi connectivity index (χ1n) is 8.59. The molecule has 4 bridgehead atoms. The Morgan fingerprint density at radius 1 is 1.27 bits per heavy atom. The molecule has 0 aliphatic heterocycles. The molecule has 4 aliphatic carbocycles. The second-order valence-corrected chi connectivity index (χ2v) is 7.94. The molecule has 1 aromatic heterocycles. The van der Waals surface area contributed by atoms with Crippen LogP contribution in [0, 0.1) is 23.2 Å². The number of hydrogen-bond acceptors (Lipinski definition) is 2. The van der Waals surface area contributed by atoms with Crippen LogP contribution in [0.1, 0.15) is 45.4 Å². The van der Waals surface area contributed by atoms with Crippen molar-refractivity contribution >= 4 is 11.8 Å². The maximum absolute atomic E-state index is 12.3. The van der Waals surface area contributed by atoms with Gasteiger partial charge in [-0.2, -0.15) is 5.10 Å². The zero-order valence-corrected chi connectivity index (χ0v) is 13.5. The van der Waals surface area contributed by atoms with Gasteiger partial charge in [0, 0.05) is 19.2 Å². The maximum Gasteiger partial charge on any atom is 0.320 e. The number of anilines is 1. The normalized spacial score (nSPS) is 37.1. The molecule has 22 heavy (non-hydrogen) atoms. The molecule has 0 saturated heterocycles. The van der Waals surface area contributed by atoms with E-state index in [1.807, 2.05) is 13.1 Å². The van der Waals surface area contributed by atoms with E-state index in [1.54, 1.807) is 10.9 Å². The van der Waals surface area contributed by atoms with Crippen LogP contribution in [0.5, 0.6) is 0 Å². The average molecular weight is 302 g/mol. The summed E-state index contributed by atoms with van der Waals surface area (Å²) in [6.45, 7) is 2.20. The van der Waals surface area contributed by atoms with Gasteiger partial charge in [0.1, 0.15) is 5.82 Å². The molecule has 1 unspecified atom stereocenters. The number of aryl methyl sites for hydroxylation is 1. The summed E-state index contributed by atoms with van der Waals surface area (Å²) in [5.74, 6) is 3.47. The van der Waals surface area contributed by atoms with Gasteiger partial charge in [-0.1, -0.05) is 0 Å². The Hall–Kier alpha value is -1.52. The van der Waals surface area contributed by atoms with Crippen molar-refractivity contribution in [3.8, 4) is 0 Å². The Morgan fingerprint density at radius 3 is 2.36 bits per heavy atom. The number of rotatable bonds is 3. The Labute approximate surface area is 131 Å². The molecular formula is C17H26N4O. The summed E-state index contributed by atoms with van der Waals surface area (Å²) in [6, 6.07) is 1.95. The van der Waals surface area contributed by atoms with Crippen LogP contribution in [0.15, 0.2) is 12.3 Å². The zero-order valence-electron chi connectivity index (χ0n) is 13.5. The summed E-state index contributed by atoms with van der Waals surface area (Å²) in [5, 5.41) is 10.2. The number of hydrogen-bond donors (Lipinski definition) is 2. The van der Waals surface area contributed by atoms with Gasteiger partial charge in [0.15, 0.2) is 0 Å². The molecule has 2 amide bonds. The standard InChI is InChI=1S/C17H26N4O/c1-11(19-16(22)20-15-3-4-18-21(15)2)17-8-12-5-13(9-17)7-14(6-12)10-17/h3-4,11-14H,5-10H2,1-2H3,(H2,19,20,22). The highest BCUT2D eigenvalue weighted by Gasteiger charge is 2.53. The van der Waals surface area contributed by atoms with Crippen LogP contribution in [0.3, 0.4) is 0 Å². The lowest BCUT2D eigenvalue weighted by Gasteiger charge is -2.59. The predicted octanol–water partition coefficient (Wildman–Crippen LogP) is 3.15. The fourth-order valence-corrected chi connectivity index (χ4v) is 5.71. The van der Waals surface area contributed by atoms with Gasteiger partial charge in [0.25, 0.3) is 0 Å². The Kier molecular flexibility index (Phi) is 3.20. The number of carbonyl (C=O) groups excluding carboxylic acids is 1. The van der Waals surface area contributed by atoms with Gasteiger partial charge in [0.2, 0.25) is 0 Å². The molecule has 0 radical (unpaired) electrons. The molecule has 1 aromatic rings. The highest BCUT2D eigenvalue weighted by molar-refractivity contribution is 5.88. The van der Waals surface area contributed by atoms with E-state index in [-0.39, 0.29) is 12.1 Å². The third-order valence-electron chi connectivity index (χ3n) is 6.41. The van der Waals surface area contributed by atoms with E-state index in [9.17, 15) is 4.79 Å². The van der Waals surface area contributed by atoms with E-state index >= 15 is 0 Å². The van der Waals surface area contributed by atoms with Crippen molar-refractivity contribution in [1.82, 2.24) is 15.1 Å². The second kappa shape index (κ2) is 5.00. The Balaban J connectivity index is 1.42. The molecule has 5 heteroatoms. The molecule has 5 rings (SSSR count). The largest absolute Gasteiger partial charge is 0.335 e. The third-order valence-corrected chi connectivity index (χ3v) is 6.41. The van der Waals surface area contributed by atoms with Crippen LogP contribution < -0.4 is 10.6 Å². The predicted molar refractivity (Wildman–Crippen MR) is 85.4 cm³/mol. The zero-order chi connectivity index (χ0) is 15.3. The molecule has 0 spiro atoms. The highest BCUT2D eigenvalue weighted by Crippen LogP contribution is 2.61. The summed E-state index contributed by atoms with van der Waals surface area (Å²) in [7, 11) is 1.83. The molecule has 4 aliphatic rings. The number of nitrogens with zero attached hydrogens (tertiary/aromatic N) is 2. The monoisotopic (exact) mass is 302 g/mol. The van der Waals surface area contributed by atoms with Crippen molar-refractivity contribution in [3.05, 3.63) is 12.3 Å². The minimum Gasteiger partial charge on any atom is -0.335 e. The average Bonchev–Trinajstić information content (AvgIpc) is 2.82. The lowest BCUT2D eigenvalue weighted by Crippen LogP contribution is -2.56. The number of urea groups is 1. The molecule has 1 atom stereocenters. The van der Waals surface area contributed by atoms with E-state index in [2.05, 4.69) is 22.7 Å². The van der Waals surface area contributed by atoms with Gasteiger partial charge in [-0.3, -0.25) is 10.00 Å². The highest BCUT2D eigenvalue weighted by atomic mass is 16.2. The van der Waals surface area contributed by atoms with Crippen molar-refractivity contribution in [1.29, 1.82) is 0 Å². The number of aromatic nitrogens is 2. The van der Waals surface area contributed by atoms with Gasteiger partial charge >= 0.3 is 6.03 Å². The van der Waals surface area contributed by atoms with Gasteiger partial charge in [-0.25, -0.2) is 4.79 Å². The third kappa shape index (κ3) is 2.31. The molecule has 2 N–H and O–H groups in total. The molecule has 1 heterocycles. The van der Waals surface area contributed by atoms with Crippen molar-refractivity contribution in [3.63, 3.8) is 0 Å². The van der Waals surface area contributed by atoms with Crippen molar-refractivity contribution < 1.29 is 4.79 Å². The summed E-state index contributed by atoms with van der Waals surface area (Å²) in [6.07, 6.45) is 9.94. The van der Waals surface area contributed by atoms with Crippen LogP contribution in [0.4, 0.5) is 10.6 Å². The fourth-order valence-electron chi connectivity index (χ4n) is 5.71. The summed E-state index contributed by atoms with van der Waals surface area (Å²) in [5.41, 5.74) is 0.346. The van der Waals surface area contributed by atoms with Crippen LogP contribution in [0.2, 0.25) is 0 Å². The topological polar surface area (TPSA) is 59.0 Å². The lowest BCUT2D eigenvalue weighted by atomic mass is 9.48. The molecule has 5 nitrogen and oxygen atoms in total. The Morgan fingerprint density at radius 2 is 1.86 bits per heavy atom. The van der Waals surface area contributed by atoms with Gasteiger partial charge < -0.3 is 5.32 Å². The molecule has 0 aromatic carbocycles. The first-order valence-corrected chi connectivity index (χ1v) is 8.59. The number of amides is 2. The van der Waals surface area contributed by atoms with Gasteiger partial charge in [-0.05, 0) is 68.6 Å². The number of carbonyl (C=O) groups is 1. The maximum atomic E-state index is 12.3. The fraction of sp³-hybridized carbons (Fsp3) is 0.765. The smallest absolute Gasteiger partial charge is 0.320 e. The first kappa shape index (κ1) is 14.1. The minimum atomic E-state index is -0.105. The van der Waals surface area contributed by atoms with E-state index in [0.717, 1.165) is 23.6 Å². The lowest BCUT2D eigenvalue weighted by molar-refractivity contribution is -0.0680. The molecule has 120 valence electrons. The summed E-state index contributed by atoms with van der Waals surface area (Å²) >= 11 is 0. The Bertz CT molecular complexity index is 544. The van der Waals surface area contributed by atoms with E-state index in [0.29, 0.717) is 5.41 Å². The number of nitrogens with one attached hydrogen (secondary N) is 2. The van der Waals surface area contributed by atoms with Crippen LogP contribution in [-0.4, -0.2) is 21.9 Å². The summed E-state index contributed by atoms with van der Waals surface area (Å²) in [4.78, 5) is 12.3. The van der Waals surface area contributed by atoms with E-state index < -0.39 is 0 Å². The van der Waals surface area contributed by atoms with Crippen molar-refractivity contribution in [2.45, 2.75) is 51.5 Å². The van der Waals surface area contributed by atoms with E-state index in [4.69, 9.17) is 0 Å². The van der Waals surface area contributed by atoms with Crippen LogP contribution in [-0.2, 0) is 7.05 Å². The molecule has 4 saturated carbocycles. The van der Waals surface area contributed by atoms with Crippen molar-refractivity contribution in [2.75, 3.05) is 5.32 Å². The summed E-state index contributed by atoms with van der Waals surface area (Å²) < 4.78 is 1.68. The van der Waals surface area contributed by atoms with Gasteiger partial charge in [0.05, 0.1) is 6.20 Å². The van der Waals surface area contributed by atoms with Crippen LogP contribution >= 0.6 is 0 Å². The van der Waals surface area contributed by atoms with Crippen molar-refractivity contribution in [2.24, 2.45) is 30.2 Å². The SMILES string of the molecule is CC(NC(=O)Nc1ccnn1C)C12CC3CC(CC(C3)C1)C2. The molecule has 4 fully saturated rings. The quantitative estimate of drug-likeness (QED) is 0.901. The second-order valence-electron chi connectivity index (χ2n) is 7.94. The van der Waals surface area contributed by atoms with E-state index in [1.165, 1.54) is 38.5 Å². The van der Waals surface area contributed by atoms with Crippen LogP contribution in [0.25, 0.3) is 0 Å². The first-order chi connectivity index (χ1) is 10.5. The van der Waals surface area contributed by atoms with Gasteiger partial charge in [-0.15, -0.1) is 0 Å². The minimum absolute atomic E-state index is 0.105.